The van der Waals surface area contributed by atoms with Crippen molar-refractivity contribution in [2.45, 2.75) is 44.6 Å². The Morgan fingerprint density at radius 3 is 2.33 bits per heavy atom. The summed E-state index contributed by atoms with van der Waals surface area (Å²) in [4.78, 5) is 11.7. The average Bonchev–Trinajstić information content (AvgIpc) is 2.86. The van der Waals surface area contributed by atoms with Crippen molar-refractivity contribution in [1.82, 2.24) is 0 Å². The van der Waals surface area contributed by atoms with Crippen molar-refractivity contribution in [2.75, 3.05) is 0 Å². The smallest absolute Gasteiger partial charge is 0.140 e. The van der Waals surface area contributed by atoms with Crippen LogP contribution in [0.1, 0.15) is 38.5 Å². The number of carbonyl (C=O) groups is 1. The molecule has 2 saturated carbocycles. The van der Waals surface area contributed by atoms with Crippen molar-refractivity contribution in [3.8, 4) is 0 Å². The van der Waals surface area contributed by atoms with E-state index in [-0.39, 0.29) is 12.0 Å². The number of carbonyl (C=O) groups excluding carboxylic acids is 1. The Morgan fingerprint density at radius 2 is 1.75 bits per heavy atom. The topological polar surface area (TPSA) is 43.1 Å². The van der Waals surface area contributed by atoms with Crippen molar-refractivity contribution in [3.63, 3.8) is 0 Å². The minimum Gasteiger partial charge on any atom is -0.327 e. The predicted octanol–water partition coefficient (Wildman–Crippen LogP) is 1.48. The van der Waals surface area contributed by atoms with Crippen LogP contribution in [-0.4, -0.2) is 11.8 Å². The van der Waals surface area contributed by atoms with Crippen LogP contribution in [0, 0.1) is 11.8 Å². The molecule has 12 heavy (non-hydrogen) atoms. The second kappa shape index (κ2) is 3.17. The quantitative estimate of drug-likeness (QED) is 0.677. The van der Waals surface area contributed by atoms with Gasteiger partial charge in [-0.2, -0.15) is 0 Å². The summed E-state index contributed by atoms with van der Waals surface area (Å²) in [6, 6.07) is 0.173. The summed E-state index contributed by atoms with van der Waals surface area (Å²) in [6.07, 6.45) is 6.79. The van der Waals surface area contributed by atoms with Gasteiger partial charge in [0.05, 0.1) is 0 Å². The summed E-state index contributed by atoms with van der Waals surface area (Å²) in [6.45, 7) is 0. The van der Waals surface area contributed by atoms with E-state index < -0.39 is 0 Å². The summed E-state index contributed by atoms with van der Waals surface area (Å²) in [5.74, 6) is 1.09. The average molecular weight is 167 g/mol. The Kier molecular flexibility index (Phi) is 2.18. The van der Waals surface area contributed by atoms with Crippen LogP contribution in [0.5, 0.6) is 0 Å². The minimum atomic E-state index is 0.173. The molecule has 0 heterocycles. The first-order chi connectivity index (χ1) is 5.79. The highest BCUT2D eigenvalue weighted by Crippen LogP contribution is 2.36. The number of Topliss-reactive ketones (excluding diaryl/α,β-unsaturated/α-hetero) is 1. The van der Waals surface area contributed by atoms with E-state index in [1.165, 1.54) is 12.8 Å². The predicted molar refractivity (Wildman–Crippen MR) is 47.7 cm³/mol. The van der Waals surface area contributed by atoms with Crippen molar-refractivity contribution in [1.29, 1.82) is 0 Å². The molecule has 0 radical (unpaired) electrons. The van der Waals surface area contributed by atoms with Crippen LogP contribution in [0.3, 0.4) is 0 Å². The first kappa shape index (κ1) is 8.24. The fourth-order valence-corrected chi connectivity index (χ4v) is 2.18. The summed E-state index contributed by atoms with van der Waals surface area (Å²) >= 11 is 0. The number of hydrogen-bond acceptors (Lipinski definition) is 2. The molecular weight excluding hydrogens is 150 g/mol. The van der Waals surface area contributed by atoms with Gasteiger partial charge >= 0.3 is 0 Å². The van der Waals surface area contributed by atoms with Crippen LogP contribution >= 0.6 is 0 Å². The van der Waals surface area contributed by atoms with Gasteiger partial charge in [-0.15, -0.1) is 0 Å². The van der Waals surface area contributed by atoms with Crippen LogP contribution in [0.2, 0.25) is 0 Å². The van der Waals surface area contributed by atoms with Gasteiger partial charge in [0.2, 0.25) is 0 Å². The Morgan fingerprint density at radius 1 is 1.08 bits per heavy atom. The molecule has 2 heteroatoms. The largest absolute Gasteiger partial charge is 0.327 e. The molecule has 0 amide bonds. The molecule has 0 aromatic carbocycles. The van der Waals surface area contributed by atoms with Gasteiger partial charge in [0, 0.05) is 17.9 Å². The lowest BCUT2D eigenvalue weighted by Gasteiger charge is -2.27. The van der Waals surface area contributed by atoms with E-state index in [4.69, 9.17) is 5.73 Å². The highest BCUT2D eigenvalue weighted by Gasteiger charge is 2.37. The Hall–Kier alpha value is -0.370. The van der Waals surface area contributed by atoms with E-state index in [1.807, 2.05) is 0 Å². The van der Waals surface area contributed by atoms with Crippen molar-refractivity contribution in [2.24, 2.45) is 17.6 Å². The molecule has 2 atom stereocenters. The summed E-state index contributed by atoms with van der Waals surface area (Å²) in [5.41, 5.74) is 5.92. The Labute approximate surface area is 73.5 Å². The number of ketones is 1. The Balaban J connectivity index is 1.95. The zero-order valence-electron chi connectivity index (χ0n) is 7.46. The molecule has 0 bridgehead atoms. The van der Waals surface area contributed by atoms with E-state index >= 15 is 0 Å². The zero-order chi connectivity index (χ0) is 8.55. The zero-order valence-corrected chi connectivity index (χ0v) is 7.46. The molecule has 2 N–H and O–H groups in total. The second-order valence-corrected chi connectivity index (χ2v) is 4.23. The molecule has 2 aliphatic carbocycles. The molecule has 2 unspecified atom stereocenters. The highest BCUT2D eigenvalue weighted by molar-refractivity contribution is 5.86. The van der Waals surface area contributed by atoms with E-state index in [9.17, 15) is 4.79 Å². The maximum absolute atomic E-state index is 11.7. The fourth-order valence-electron chi connectivity index (χ4n) is 2.18. The Bertz CT molecular complexity index is 186. The van der Waals surface area contributed by atoms with E-state index in [0.717, 1.165) is 25.7 Å². The van der Waals surface area contributed by atoms with Gasteiger partial charge < -0.3 is 5.73 Å². The molecule has 2 fully saturated rings. The standard InChI is InChI=1S/C10H17NO/c11-9-4-2-1-3-8(9)10(12)7-5-6-7/h7-9H,1-6,11H2. The molecular formula is C10H17NO. The third kappa shape index (κ3) is 1.53. The second-order valence-electron chi connectivity index (χ2n) is 4.23. The van der Waals surface area contributed by atoms with Crippen molar-refractivity contribution >= 4 is 5.78 Å². The highest BCUT2D eigenvalue weighted by atomic mass is 16.1. The van der Waals surface area contributed by atoms with Crippen LogP contribution in [0.25, 0.3) is 0 Å². The maximum atomic E-state index is 11.7. The third-order valence-corrected chi connectivity index (χ3v) is 3.16. The van der Waals surface area contributed by atoms with E-state index in [2.05, 4.69) is 0 Å². The lowest BCUT2D eigenvalue weighted by Crippen LogP contribution is -2.38. The normalized spacial score (nSPS) is 36.4. The number of nitrogens with two attached hydrogens (primary N) is 1. The molecule has 0 aliphatic heterocycles. The molecule has 0 aromatic heterocycles. The summed E-state index contributed by atoms with van der Waals surface area (Å²) < 4.78 is 0. The first-order valence-electron chi connectivity index (χ1n) is 5.08. The summed E-state index contributed by atoms with van der Waals surface area (Å²) in [5, 5.41) is 0. The molecule has 0 spiro atoms. The first-order valence-corrected chi connectivity index (χ1v) is 5.08. The molecule has 2 aliphatic rings. The van der Waals surface area contributed by atoms with Gasteiger partial charge in [-0.25, -0.2) is 0 Å². The molecule has 0 saturated heterocycles. The fraction of sp³-hybridized carbons (Fsp3) is 0.900. The minimum absolute atomic E-state index is 0.173. The lowest BCUT2D eigenvalue weighted by atomic mass is 9.81. The third-order valence-electron chi connectivity index (χ3n) is 3.16. The van der Waals surface area contributed by atoms with E-state index in [0.29, 0.717) is 11.7 Å². The van der Waals surface area contributed by atoms with Gasteiger partial charge in [0.15, 0.2) is 0 Å². The van der Waals surface area contributed by atoms with Crippen LogP contribution < -0.4 is 5.73 Å². The maximum Gasteiger partial charge on any atom is 0.140 e. The van der Waals surface area contributed by atoms with Gasteiger partial charge in [0.25, 0.3) is 0 Å². The molecule has 2 rings (SSSR count). The van der Waals surface area contributed by atoms with E-state index in [1.54, 1.807) is 0 Å². The van der Waals surface area contributed by atoms with Crippen LogP contribution in [0.15, 0.2) is 0 Å². The molecule has 2 nitrogen and oxygen atoms in total. The van der Waals surface area contributed by atoms with Crippen molar-refractivity contribution in [3.05, 3.63) is 0 Å². The molecule has 68 valence electrons. The van der Waals surface area contributed by atoms with Crippen LogP contribution in [-0.2, 0) is 4.79 Å². The van der Waals surface area contributed by atoms with Gasteiger partial charge in [-0.3, -0.25) is 4.79 Å². The van der Waals surface area contributed by atoms with Gasteiger partial charge in [-0.1, -0.05) is 12.8 Å². The number of rotatable bonds is 2. The SMILES string of the molecule is NC1CCCCC1C(=O)C1CC1. The van der Waals surface area contributed by atoms with Crippen molar-refractivity contribution < 1.29 is 4.79 Å². The summed E-state index contributed by atoms with van der Waals surface area (Å²) in [7, 11) is 0. The van der Waals surface area contributed by atoms with Gasteiger partial charge in [0.1, 0.15) is 5.78 Å². The monoisotopic (exact) mass is 167 g/mol. The number of hydrogen-bond donors (Lipinski definition) is 1. The lowest BCUT2D eigenvalue weighted by molar-refractivity contribution is -0.125. The van der Waals surface area contributed by atoms with Crippen LogP contribution in [0.4, 0.5) is 0 Å². The van der Waals surface area contributed by atoms with Gasteiger partial charge in [-0.05, 0) is 25.7 Å². The molecule has 0 aromatic rings.